The van der Waals surface area contributed by atoms with Gasteiger partial charge in [-0.3, -0.25) is 0 Å². The average Bonchev–Trinajstić information content (AvgIpc) is 2.63. The Hall–Kier alpha value is -1.14. The van der Waals surface area contributed by atoms with Crippen molar-refractivity contribution in [2.75, 3.05) is 31.2 Å². The summed E-state index contributed by atoms with van der Waals surface area (Å²) in [5, 5.41) is 20.6. The summed E-state index contributed by atoms with van der Waals surface area (Å²) in [6, 6.07) is 7.57. The van der Waals surface area contributed by atoms with Gasteiger partial charge in [0.25, 0.3) is 0 Å². The van der Waals surface area contributed by atoms with Crippen LogP contribution in [0.3, 0.4) is 0 Å². The van der Waals surface area contributed by atoms with Gasteiger partial charge in [-0.05, 0) is 45.4 Å². The van der Waals surface area contributed by atoms with Gasteiger partial charge in [-0.25, -0.2) is 0 Å². The fraction of sp³-hybridized carbons (Fsp3) is 0.684. The van der Waals surface area contributed by atoms with Gasteiger partial charge in [0.1, 0.15) is 12.2 Å². The summed E-state index contributed by atoms with van der Waals surface area (Å²) in [5.74, 6) is 0. The fourth-order valence-corrected chi connectivity index (χ4v) is 2.39. The average molecular weight is 341 g/mol. The SMILES string of the molecule is CC.CCOC(OCC)C(O)C(O)c1ccc(N(CC)CC)cc1. The van der Waals surface area contributed by atoms with Gasteiger partial charge in [-0.15, -0.1) is 0 Å². The van der Waals surface area contributed by atoms with Crippen molar-refractivity contribution >= 4 is 5.69 Å². The number of nitrogens with zero attached hydrogens (tertiary/aromatic N) is 1. The van der Waals surface area contributed by atoms with E-state index in [1.807, 2.05) is 52.0 Å². The molecule has 2 atom stereocenters. The van der Waals surface area contributed by atoms with Gasteiger partial charge in [-0.2, -0.15) is 0 Å². The van der Waals surface area contributed by atoms with Crippen molar-refractivity contribution in [2.24, 2.45) is 0 Å². The van der Waals surface area contributed by atoms with E-state index in [0.717, 1.165) is 18.8 Å². The van der Waals surface area contributed by atoms with Crippen molar-refractivity contribution in [3.63, 3.8) is 0 Å². The molecule has 0 amide bonds. The highest BCUT2D eigenvalue weighted by Gasteiger charge is 2.28. The van der Waals surface area contributed by atoms with E-state index < -0.39 is 18.5 Å². The predicted octanol–water partition coefficient (Wildman–Crippen LogP) is 3.35. The summed E-state index contributed by atoms with van der Waals surface area (Å²) in [6.07, 6.45) is -3.00. The van der Waals surface area contributed by atoms with Crippen LogP contribution in [0.1, 0.15) is 53.2 Å². The molecule has 140 valence electrons. The maximum Gasteiger partial charge on any atom is 0.186 e. The van der Waals surface area contributed by atoms with E-state index in [9.17, 15) is 10.2 Å². The van der Waals surface area contributed by atoms with Gasteiger partial charge < -0.3 is 24.6 Å². The highest BCUT2D eigenvalue weighted by atomic mass is 16.7. The monoisotopic (exact) mass is 341 g/mol. The molecule has 1 rings (SSSR count). The van der Waals surface area contributed by atoms with Crippen LogP contribution in [0.4, 0.5) is 5.69 Å². The molecule has 5 nitrogen and oxygen atoms in total. The van der Waals surface area contributed by atoms with Crippen LogP contribution < -0.4 is 4.90 Å². The van der Waals surface area contributed by atoms with Crippen LogP contribution in [0.15, 0.2) is 24.3 Å². The molecule has 0 aromatic heterocycles. The van der Waals surface area contributed by atoms with E-state index in [4.69, 9.17) is 9.47 Å². The van der Waals surface area contributed by atoms with Crippen LogP contribution in [0.5, 0.6) is 0 Å². The molecule has 0 radical (unpaired) electrons. The zero-order valence-corrected chi connectivity index (χ0v) is 16.0. The number of aliphatic hydroxyl groups is 2. The highest BCUT2D eigenvalue weighted by Crippen LogP contribution is 2.24. The Bertz CT molecular complexity index is 400. The molecule has 0 aliphatic rings. The minimum absolute atomic E-state index is 0.412. The highest BCUT2D eigenvalue weighted by molar-refractivity contribution is 5.47. The molecule has 0 aliphatic heterocycles. The van der Waals surface area contributed by atoms with Crippen molar-refractivity contribution < 1.29 is 19.7 Å². The Morgan fingerprint density at radius 1 is 0.875 bits per heavy atom. The topological polar surface area (TPSA) is 62.2 Å². The van der Waals surface area contributed by atoms with Crippen molar-refractivity contribution in [3.8, 4) is 0 Å². The molecule has 0 fully saturated rings. The standard InChI is InChI=1S/C17H29NO4.C2H6/c1-5-18(6-2)14-11-9-13(10-12-14)15(19)16(20)17(21-7-3)22-8-4;1-2/h9-12,15-17,19-20H,5-8H2,1-4H3;1-2H3. The number of rotatable bonds is 10. The van der Waals surface area contributed by atoms with Crippen LogP contribution in [0, 0.1) is 0 Å². The largest absolute Gasteiger partial charge is 0.385 e. The third kappa shape index (κ3) is 6.77. The summed E-state index contributed by atoms with van der Waals surface area (Å²) in [4.78, 5) is 2.22. The zero-order valence-electron chi connectivity index (χ0n) is 16.0. The Morgan fingerprint density at radius 3 is 1.71 bits per heavy atom. The lowest BCUT2D eigenvalue weighted by Crippen LogP contribution is -2.36. The van der Waals surface area contributed by atoms with Crippen molar-refractivity contribution in [2.45, 2.75) is 60.0 Å². The second-order valence-electron chi connectivity index (χ2n) is 4.98. The molecule has 0 aliphatic carbocycles. The van der Waals surface area contributed by atoms with Gasteiger partial charge >= 0.3 is 0 Å². The Labute approximate surface area is 147 Å². The molecule has 1 aromatic carbocycles. The normalized spacial score (nSPS) is 13.2. The summed E-state index contributed by atoms with van der Waals surface area (Å²) in [6.45, 7) is 14.5. The Balaban J connectivity index is 0.00000254. The third-order valence-corrected chi connectivity index (χ3v) is 3.63. The summed E-state index contributed by atoms with van der Waals surface area (Å²) in [5.41, 5.74) is 1.74. The molecule has 0 saturated heterocycles. The third-order valence-electron chi connectivity index (χ3n) is 3.63. The summed E-state index contributed by atoms with van der Waals surface area (Å²) < 4.78 is 10.7. The van der Waals surface area contributed by atoms with Crippen LogP contribution in [-0.2, 0) is 9.47 Å². The minimum Gasteiger partial charge on any atom is -0.385 e. The Morgan fingerprint density at radius 2 is 1.33 bits per heavy atom. The summed E-state index contributed by atoms with van der Waals surface area (Å²) >= 11 is 0. The number of ether oxygens (including phenoxy) is 2. The van der Waals surface area contributed by atoms with Crippen LogP contribution >= 0.6 is 0 Å². The minimum atomic E-state index is -1.13. The lowest BCUT2D eigenvalue weighted by atomic mass is 10.0. The second kappa shape index (κ2) is 13.2. The van der Waals surface area contributed by atoms with E-state index in [1.54, 1.807) is 0 Å². The van der Waals surface area contributed by atoms with Crippen LogP contribution in [0.2, 0.25) is 0 Å². The van der Waals surface area contributed by atoms with E-state index >= 15 is 0 Å². The second-order valence-corrected chi connectivity index (χ2v) is 4.98. The predicted molar refractivity (Wildman–Crippen MR) is 99.4 cm³/mol. The summed E-state index contributed by atoms with van der Waals surface area (Å²) in [7, 11) is 0. The number of benzene rings is 1. The maximum absolute atomic E-state index is 10.3. The first-order valence-corrected chi connectivity index (χ1v) is 9.03. The lowest BCUT2D eigenvalue weighted by molar-refractivity contribution is -0.212. The molecular weight excluding hydrogens is 306 g/mol. The molecule has 2 unspecified atom stereocenters. The van der Waals surface area contributed by atoms with Gasteiger partial charge in [-0.1, -0.05) is 26.0 Å². The number of hydrogen-bond acceptors (Lipinski definition) is 5. The van der Waals surface area contributed by atoms with Crippen LogP contribution in [0.25, 0.3) is 0 Å². The van der Waals surface area contributed by atoms with Gasteiger partial charge in [0.15, 0.2) is 6.29 Å². The van der Waals surface area contributed by atoms with E-state index in [-0.39, 0.29) is 0 Å². The Kier molecular flexibility index (Phi) is 12.6. The first kappa shape index (κ1) is 22.9. The zero-order chi connectivity index (χ0) is 18.5. The first-order valence-electron chi connectivity index (χ1n) is 9.03. The van der Waals surface area contributed by atoms with E-state index in [0.29, 0.717) is 18.8 Å². The van der Waals surface area contributed by atoms with E-state index in [2.05, 4.69) is 18.7 Å². The molecule has 1 aromatic rings. The lowest BCUT2D eigenvalue weighted by Gasteiger charge is -2.27. The molecule has 0 heterocycles. The first-order chi connectivity index (χ1) is 11.6. The van der Waals surface area contributed by atoms with Crippen molar-refractivity contribution in [3.05, 3.63) is 29.8 Å². The smallest absolute Gasteiger partial charge is 0.186 e. The fourth-order valence-electron chi connectivity index (χ4n) is 2.39. The molecule has 0 saturated carbocycles. The number of hydrogen-bond donors (Lipinski definition) is 2. The maximum atomic E-state index is 10.3. The van der Waals surface area contributed by atoms with Crippen LogP contribution in [-0.4, -0.2) is 48.9 Å². The quantitative estimate of drug-likeness (QED) is 0.639. The molecule has 0 bridgehead atoms. The molecule has 5 heteroatoms. The van der Waals surface area contributed by atoms with Gasteiger partial charge in [0.05, 0.1) is 0 Å². The van der Waals surface area contributed by atoms with E-state index in [1.165, 1.54) is 0 Å². The molecular formula is C19H35NO4. The van der Waals surface area contributed by atoms with Gasteiger partial charge in [0.2, 0.25) is 0 Å². The van der Waals surface area contributed by atoms with Crippen molar-refractivity contribution in [1.29, 1.82) is 0 Å². The van der Waals surface area contributed by atoms with Crippen molar-refractivity contribution in [1.82, 2.24) is 0 Å². The van der Waals surface area contributed by atoms with Gasteiger partial charge in [0, 0.05) is 32.0 Å². The molecule has 24 heavy (non-hydrogen) atoms. The molecule has 0 spiro atoms. The number of anilines is 1. The molecule has 2 N–H and O–H groups in total. The number of aliphatic hydroxyl groups excluding tert-OH is 2.